The molecule has 0 unspecified atom stereocenters. The molecule has 0 spiro atoms. The fourth-order valence-electron chi connectivity index (χ4n) is 2.83. The van der Waals surface area contributed by atoms with Gasteiger partial charge in [-0.25, -0.2) is 15.0 Å². The summed E-state index contributed by atoms with van der Waals surface area (Å²) < 4.78 is 0. The molecule has 1 saturated heterocycles. The average molecular weight is 349 g/mol. The number of hydrogen-bond donors (Lipinski definition) is 1. The van der Waals surface area contributed by atoms with Crippen LogP contribution in [0, 0.1) is 0 Å². The summed E-state index contributed by atoms with van der Waals surface area (Å²) in [6, 6.07) is 4.07. The van der Waals surface area contributed by atoms with Gasteiger partial charge in [-0.3, -0.25) is 0 Å². The van der Waals surface area contributed by atoms with Crippen LogP contribution in [0.3, 0.4) is 0 Å². The smallest absolute Gasteiger partial charge is 0.225 e. The van der Waals surface area contributed by atoms with Crippen molar-refractivity contribution in [2.75, 3.05) is 37.0 Å². The molecule has 6 nitrogen and oxygen atoms in total. The summed E-state index contributed by atoms with van der Waals surface area (Å²) >= 11 is 0. The number of nitrogens with zero attached hydrogens (tertiary/aromatic N) is 5. The minimum atomic E-state index is 0. The van der Waals surface area contributed by atoms with Gasteiger partial charge in [0.05, 0.1) is 0 Å². The standard InChI is InChI=1S/C17H24N6.ClH/c1-22(2)16-15(6-5-7-19-16)13-18-10-14-11-20-17(21-12-14)23-8-3-4-9-23;/h5-7,11-12,18H,3-4,8-10,13H2,1-2H3;1H. The normalized spacial score (nSPS) is 13.7. The lowest BCUT2D eigenvalue weighted by atomic mass is 10.2. The monoisotopic (exact) mass is 348 g/mol. The highest BCUT2D eigenvalue weighted by Gasteiger charge is 2.14. The van der Waals surface area contributed by atoms with Gasteiger partial charge in [0.1, 0.15) is 5.82 Å². The number of aromatic nitrogens is 3. The van der Waals surface area contributed by atoms with Crippen LogP contribution in [-0.2, 0) is 13.1 Å². The molecule has 2 aromatic rings. The Kier molecular flexibility index (Phi) is 6.75. The number of rotatable bonds is 6. The second-order valence-electron chi connectivity index (χ2n) is 6.07. The van der Waals surface area contributed by atoms with E-state index in [1.807, 2.05) is 43.7 Å². The number of nitrogens with one attached hydrogen (secondary N) is 1. The van der Waals surface area contributed by atoms with E-state index in [9.17, 15) is 0 Å². The molecule has 1 aliphatic rings. The highest BCUT2D eigenvalue weighted by Crippen LogP contribution is 2.16. The number of halogens is 1. The van der Waals surface area contributed by atoms with Crippen molar-refractivity contribution in [3.05, 3.63) is 41.9 Å². The molecule has 0 aliphatic carbocycles. The van der Waals surface area contributed by atoms with Crippen molar-refractivity contribution in [2.45, 2.75) is 25.9 Å². The third-order valence-corrected chi connectivity index (χ3v) is 4.02. The lowest BCUT2D eigenvalue weighted by molar-refractivity contribution is 0.685. The maximum atomic E-state index is 4.49. The molecule has 0 saturated carbocycles. The first-order valence-electron chi connectivity index (χ1n) is 8.12. The van der Waals surface area contributed by atoms with Gasteiger partial charge in [0.2, 0.25) is 5.95 Å². The van der Waals surface area contributed by atoms with Crippen LogP contribution in [0.4, 0.5) is 11.8 Å². The Balaban J connectivity index is 0.00000208. The number of pyridine rings is 1. The first-order valence-corrected chi connectivity index (χ1v) is 8.12. The first kappa shape index (κ1) is 18.4. The Labute approximate surface area is 149 Å². The molecule has 0 amide bonds. The van der Waals surface area contributed by atoms with Crippen LogP contribution in [0.15, 0.2) is 30.7 Å². The van der Waals surface area contributed by atoms with Gasteiger partial charge in [0.15, 0.2) is 0 Å². The van der Waals surface area contributed by atoms with Crippen LogP contribution in [0.1, 0.15) is 24.0 Å². The Morgan fingerprint density at radius 1 is 1.08 bits per heavy atom. The van der Waals surface area contributed by atoms with Gasteiger partial charge in [-0.1, -0.05) is 6.07 Å². The van der Waals surface area contributed by atoms with Crippen molar-refractivity contribution >= 4 is 24.2 Å². The van der Waals surface area contributed by atoms with Crippen molar-refractivity contribution in [2.24, 2.45) is 0 Å². The van der Waals surface area contributed by atoms with Gasteiger partial charge in [-0.05, 0) is 18.9 Å². The maximum Gasteiger partial charge on any atom is 0.225 e. The molecular formula is C17H25ClN6. The first-order chi connectivity index (χ1) is 11.2. The van der Waals surface area contributed by atoms with Gasteiger partial charge in [0.25, 0.3) is 0 Å². The predicted molar refractivity (Wildman–Crippen MR) is 99.8 cm³/mol. The SMILES string of the molecule is CN(C)c1ncccc1CNCc1cnc(N2CCCC2)nc1.Cl. The quantitative estimate of drug-likeness (QED) is 0.864. The Morgan fingerprint density at radius 3 is 2.46 bits per heavy atom. The molecule has 24 heavy (non-hydrogen) atoms. The van der Waals surface area contributed by atoms with Crippen LogP contribution in [-0.4, -0.2) is 42.1 Å². The third-order valence-electron chi connectivity index (χ3n) is 4.02. The number of anilines is 2. The molecule has 3 heterocycles. The molecule has 1 aliphatic heterocycles. The van der Waals surface area contributed by atoms with E-state index in [1.165, 1.54) is 18.4 Å². The maximum absolute atomic E-state index is 4.49. The predicted octanol–water partition coefficient (Wildman–Crippen LogP) is 2.25. The summed E-state index contributed by atoms with van der Waals surface area (Å²) in [5.41, 5.74) is 2.29. The van der Waals surface area contributed by atoms with E-state index < -0.39 is 0 Å². The molecule has 0 aromatic carbocycles. The van der Waals surface area contributed by atoms with E-state index in [-0.39, 0.29) is 12.4 Å². The van der Waals surface area contributed by atoms with Crippen molar-refractivity contribution in [1.82, 2.24) is 20.3 Å². The van der Waals surface area contributed by atoms with Gasteiger partial charge in [-0.2, -0.15) is 0 Å². The zero-order chi connectivity index (χ0) is 16.1. The van der Waals surface area contributed by atoms with Crippen LogP contribution < -0.4 is 15.1 Å². The van der Waals surface area contributed by atoms with Gasteiger partial charge in [-0.15, -0.1) is 12.4 Å². The van der Waals surface area contributed by atoms with Crippen LogP contribution in [0.2, 0.25) is 0 Å². The van der Waals surface area contributed by atoms with Crippen LogP contribution in [0.25, 0.3) is 0 Å². The fraction of sp³-hybridized carbons (Fsp3) is 0.471. The minimum absolute atomic E-state index is 0. The summed E-state index contributed by atoms with van der Waals surface area (Å²) in [6.07, 6.45) is 8.15. The second-order valence-corrected chi connectivity index (χ2v) is 6.07. The van der Waals surface area contributed by atoms with Gasteiger partial charge >= 0.3 is 0 Å². The molecule has 130 valence electrons. The molecule has 3 rings (SSSR count). The lowest BCUT2D eigenvalue weighted by Crippen LogP contribution is -2.21. The topological polar surface area (TPSA) is 57.2 Å². The summed E-state index contributed by atoms with van der Waals surface area (Å²) in [4.78, 5) is 17.7. The van der Waals surface area contributed by atoms with Crippen molar-refractivity contribution in [3.63, 3.8) is 0 Å². The Bertz CT molecular complexity index is 625. The molecule has 0 bridgehead atoms. The largest absolute Gasteiger partial charge is 0.362 e. The lowest BCUT2D eigenvalue weighted by Gasteiger charge is -2.16. The highest BCUT2D eigenvalue weighted by molar-refractivity contribution is 5.85. The molecule has 1 fully saturated rings. The molecule has 0 atom stereocenters. The second kappa shape index (κ2) is 8.80. The van der Waals surface area contributed by atoms with E-state index in [2.05, 4.69) is 31.2 Å². The zero-order valence-electron chi connectivity index (χ0n) is 14.3. The van der Waals surface area contributed by atoms with E-state index >= 15 is 0 Å². The summed E-state index contributed by atoms with van der Waals surface area (Å²) in [5, 5.41) is 3.44. The van der Waals surface area contributed by atoms with Crippen molar-refractivity contribution < 1.29 is 0 Å². The zero-order valence-corrected chi connectivity index (χ0v) is 15.1. The summed E-state index contributed by atoms with van der Waals surface area (Å²) in [5.74, 6) is 1.86. The van der Waals surface area contributed by atoms with Gasteiger partial charge < -0.3 is 15.1 Å². The van der Waals surface area contributed by atoms with E-state index in [4.69, 9.17) is 0 Å². The molecule has 2 aromatic heterocycles. The third kappa shape index (κ3) is 4.55. The summed E-state index contributed by atoms with van der Waals surface area (Å²) in [7, 11) is 4.02. The van der Waals surface area contributed by atoms with Gasteiger partial charge in [0, 0.05) is 70.0 Å². The fourth-order valence-corrected chi connectivity index (χ4v) is 2.83. The Morgan fingerprint density at radius 2 is 1.79 bits per heavy atom. The highest BCUT2D eigenvalue weighted by atomic mass is 35.5. The van der Waals surface area contributed by atoms with E-state index in [0.29, 0.717) is 0 Å². The van der Waals surface area contributed by atoms with Crippen molar-refractivity contribution in [1.29, 1.82) is 0 Å². The Hall–Kier alpha value is -1.92. The van der Waals surface area contributed by atoms with E-state index in [0.717, 1.165) is 43.5 Å². The van der Waals surface area contributed by atoms with Crippen LogP contribution in [0.5, 0.6) is 0 Å². The minimum Gasteiger partial charge on any atom is -0.362 e. The molecule has 0 radical (unpaired) electrons. The molecule has 7 heteroatoms. The van der Waals surface area contributed by atoms with Crippen LogP contribution >= 0.6 is 12.4 Å². The number of hydrogen-bond acceptors (Lipinski definition) is 6. The van der Waals surface area contributed by atoms with Crippen molar-refractivity contribution in [3.8, 4) is 0 Å². The summed E-state index contributed by atoms with van der Waals surface area (Å²) in [6.45, 7) is 3.68. The average Bonchev–Trinajstić information content (AvgIpc) is 3.10. The molecule has 1 N–H and O–H groups in total. The molecular weight excluding hydrogens is 324 g/mol. The van der Waals surface area contributed by atoms with E-state index in [1.54, 1.807) is 0 Å².